The topological polar surface area (TPSA) is 128 Å². The lowest BCUT2D eigenvalue weighted by Crippen LogP contribution is -2.40. The number of amides is 1. The van der Waals surface area contributed by atoms with Crippen LogP contribution in [0.4, 0.5) is 11.4 Å². The van der Waals surface area contributed by atoms with E-state index < -0.39 is 10.0 Å². The van der Waals surface area contributed by atoms with Crippen LogP contribution in [0.15, 0.2) is 60.0 Å². The van der Waals surface area contributed by atoms with Crippen LogP contribution < -0.4 is 15.4 Å². The maximum Gasteiger partial charge on any atom is 0.246 e. The van der Waals surface area contributed by atoms with E-state index in [2.05, 4.69) is 20.7 Å². The van der Waals surface area contributed by atoms with E-state index >= 15 is 0 Å². The first kappa shape index (κ1) is 22.7. The third kappa shape index (κ3) is 5.30. The second-order valence-electron chi connectivity index (χ2n) is 7.17. The predicted octanol–water partition coefficient (Wildman–Crippen LogP) is 1.35. The molecule has 1 aromatic heterocycles. The minimum absolute atomic E-state index is 0.000246. The van der Waals surface area contributed by atoms with Crippen LogP contribution >= 0.6 is 0 Å². The highest BCUT2D eigenvalue weighted by molar-refractivity contribution is 7.89. The van der Waals surface area contributed by atoms with Gasteiger partial charge in [-0.15, -0.1) is 0 Å². The molecule has 4 rings (SSSR count). The molecule has 0 saturated carbocycles. The molecule has 2 aromatic carbocycles. The fourth-order valence-electron chi connectivity index (χ4n) is 3.34. The van der Waals surface area contributed by atoms with Crippen molar-refractivity contribution in [2.24, 2.45) is 0 Å². The molecular weight excluding hydrogens is 448 g/mol. The van der Waals surface area contributed by atoms with Crippen molar-refractivity contribution in [3.05, 3.63) is 55.1 Å². The number of nitrogens with zero attached hydrogens (tertiary/aromatic N) is 4. The van der Waals surface area contributed by atoms with Gasteiger partial charge in [-0.3, -0.25) is 4.79 Å². The third-order valence-corrected chi connectivity index (χ3v) is 6.96. The second kappa shape index (κ2) is 9.98. The van der Waals surface area contributed by atoms with Gasteiger partial charge >= 0.3 is 0 Å². The maximum absolute atomic E-state index is 13.1. The van der Waals surface area contributed by atoms with Gasteiger partial charge in [0.05, 0.1) is 32.6 Å². The largest absolute Gasteiger partial charge is 0.495 e. The van der Waals surface area contributed by atoms with Crippen molar-refractivity contribution in [2.75, 3.05) is 50.6 Å². The Morgan fingerprint density at radius 3 is 2.52 bits per heavy atom. The van der Waals surface area contributed by atoms with Crippen LogP contribution in [0.3, 0.4) is 0 Å². The second-order valence-corrected chi connectivity index (χ2v) is 9.08. The van der Waals surface area contributed by atoms with Gasteiger partial charge in [-0.1, -0.05) is 0 Å². The lowest BCUT2D eigenvalue weighted by atomic mass is 10.2. The highest BCUT2D eigenvalue weighted by Gasteiger charge is 2.29. The van der Waals surface area contributed by atoms with Gasteiger partial charge in [0.15, 0.2) is 0 Å². The number of carbonyl (C=O) groups is 1. The SMILES string of the molecule is COc1ccc(NC(=O)CNc2ccc(-n3cncn3)cc2)cc1S(=O)(=O)N1CCOCC1. The summed E-state index contributed by atoms with van der Waals surface area (Å²) in [6.07, 6.45) is 3.05. The molecular formula is C21H24N6O5S. The van der Waals surface area contributed by atoms with Crippen LogP contribution in [0, 0.1) is 0 Å². The van der Waals surface area contributed by atoms with Gasteiger partial charge in [0.1, 0.15) is 23.3 Å². The zero-order chi connectivity index (χ0) is 23.3. The summed E-state index contributed by atoms with van der Waals surface area (Å²) in [7, 11) is -2.38. The highest BCUT2D eigenvalue weighted by atomic mass is 32.2. The summed E-state index contributed by atoms with van der Waals surface area (Å²) in [5, 5.41) is 9.82. The fourth-order valence-corrected chi connectivity index (χ4v) is 4.93. The molecule has 3 aromatic rings. The number of carbonyl (C=O) groups excluding carboxylic acids is 1. The molecule has 0 spiro atoms. The molecule has 1 aliphatic heterocycles. The summed E-state index contributed by atoms with van der Waals surface area (Å²) in [6.45, 7) is 1.20. The number of rotatable bonds is 8. The number of sulfonamides is 1. The Morgan fingerprint density at radius 1 is 1.12 bits per heavy atom. The van der Waals surface area contributed by atoms with Crippen LogP contribution in [0.5, 0.6) is 5.75 Å². The average Bonchev–Trinajstić information content (AvgIpc) is 3.39. The summed E-state index contributed by atoms with van der Waals surface area (Å²) in [5.74, 6) is -0.111. The summed E-state index contributed by atoms with van der Waals surface area (Å²) in [4.78, 5) is 16.4. The van der Waals surface area contributed by atoms with E-state index in [0.29, 0.717) is 18.9 Å². The zero-order valence-corrected chi connectivity index (χ0v) is 18.8. The number of hydrogen-bond donors (Lipinski definition) is 2. The van der Waals surface area contributed by atoms with Gasteiger partial charge in [-0.25, -0.2) is 18.1 Å². The number of anilines is 2. The molecule has 12 heteroatoms. The minimum Gasteiger partial charge on any atom is -0.495 e. The standard InChI is InChI=1S/C21H24N6O5S/c1-31-19-7-4-17(12-20(19)33(29,30)26-8-10-32-11-9-26)25-21(28)13-23-16-2-5-18(6-3-16)27-15-22-14-24-27/h2-7,12,14-15,23H,8-11,13H2,1H3,(H,25,28). The van der Waals surface area contributed by atoms with E-state index in [9.17, 15) is 13.2 Å². The number of benzene rings is 2. The van der Waals surface area contributed by atoms with Crippen LogP contribution in [0.2, 0.25) is 0 Å². The predicted molar refractivity (Wildman–Crippen MR) is 121 cm³/mol. The number of methoxy groups -OCH3 is 1. The number of aromatic nitrogens is 3. The molecule has 2 heterocycles. The van der Waals surface area contributed by atoms with Gasteiger partial charge in [-0.05, 0) is 42.5 Å². The number of ether oxygens (including phenoxy) is 2. The smallest absolute Gasteiger partial charge is 0.246 e. The number of hydrogen-bond acceptors (Lipinski definition) is 8. The van der Waals surface area contributed by atoms with Crippen molar-refractivity contribution in [3.8, 4) is 11.4 Å². The molecule has 0 bridgehead atoms. The molecule has 1 saturated heterocycles. The van der Waals surface area contributed by atoms with Gasteiger partial charge in [0, 0.05) is 24.5 Å². The Bertz CT molecular complexity index is 1190. The first-order valence-electron chi connectivity index (χ1n) is 10.2. The minimum atomic E-state index is -3.79. The Kier molecular flexibility index (Phi) is 6.87. The first-order valence-corrected chi connectivity index (χ1v) is 11.7. The molecule has 0 atom stereocenters. The summed E-state index contributed by atoms with van der Waals surface area (Å²) in [5.41, 5.74) is 1.95. The molecule has 0 aliphatic carbocycles. The van der Waals surface area contributed by atoms with E-state index in [1.807, 2.05) is 24.3 Å². The van der Waals surface area contributed by atoms with Crippen molar-refractivity contribution in [1.29, 1.82) is 0 Å². The molecule has 2 N–H and O–H groups in total. The lowest BCUT2D eigenvalue weighted by molar-refractivity contribution is -0.114. The molecule has 174 valence electrons. The maximum atomic E-state index is 13.1. The van der Waals surface area contributed by atoms with Crippen LogP contribution in [0.25, 0.3) is 5.69 Å². The Labute approximate surface area is 191 Å². The lowest BCUT2D eigenvalue weighted by Gasteiger charge is -2.26. The third-order valence-electron chi connectivity index (χ3n) is 5.04. The Hall–Kier alpha value is -3.48. The van der Waals surface area contributed by atoms with Crippen molar-refractivity contribution in [2.45, 2.75) is 4.90 Å². The summed E-state index contributed by atoms with van der Waals surface area (Å²) < 4.78 is 39.6. The fraction of sp³-hybridized carbons (Fsp3) is 0.286. The first-order chi connectivity index (χ1) is 16.0. The van der Waals surface area contributed by atoms with E-state index in [0.717, 1.165) is 11.4 Å². The molecule has 0 unspecified atom stereocenters. The number of nitrogens with one attached hydrogen (secondary N) is 2. The molecule has 33 heavy (non-hydrogen) atoms. The van der Waals surface area contributed by atoms with Gasteiger partial charge in [0.2, 0.25) is 15.9 Å². The van der Waals surface area contributed by atoms with Crippen LogP contribution in [0.1, 0.15) is 0 Å². The van der Waals surface area contributed by atoms with E-state index in [-0.39, 0.29) is 36.2 Å². The summed E-state index contributed by atoms with van der Waals surface area (Å²) in [6, 6.07) is 11.9. The monoisotopic (exact) mass is 472 g/mol. The number of morpholine rings is 1. The van der Waals surface area contributed by atoms with Crippen molar-refractivity contribution >= 4 is 27.3 Å². The molecule has 1 fully saturated rings. The van der Waals surface area contributed by atoms with Crippen molar-refractivity contribution in [1.82, 2.24) is 19.1 Å². The molecule has 1 aliphatic rings. The molecule has 0 radical (unpaired) electrons. The van der Waals surface area contributed by atoms with Crippen LogP contribution in [-0.4, -0.2) is 73.4 Å². The quantitative estimate of drug-likeness (QED) is 0.503. The van der Waals surface area contributed by atoms with E-state index in [4.69, 9.17) is 9.47 Å². The normalized spacial score (nSPS) is 14.6. The van der Waals surface area contributed by atoms with Crippen LogP contribution in [-0.2, 0) is 19.6 Å². The van der Waals surface area contributed by atoms with E-state index in [1.165, 1.54) is 29.9 Å². The molecule has 1 amide bonds. The van der Waals surface area contributed by atoms with Gasteiger partial charge in [-0.2, -0.15) is 9.40 Å². The van der Waals surface area contributed by atoms with E-state index in [1.54, 1.807) is 17.1 Å². The van der Waals surface area contributed by atoms with Crippen molar-refractivity contribution in [3.63, 3.8) is 0 Å². The Morgan fingerprint density at radius 2 is 1.85 bits per heavy atom. The Balaban J connectivity index is 1.41. The van der Waals surface area contributed by atoms with Gasteiger partial charge in [0.25, 0.3) is 0 Å². The summed E-state index contributed by atoms with van der Waals surface area (Å²) >= 11 is 0. The van der Waals surface area contributed by atoms with Crippen molar-refractivity contribution < 1.29 is 22.7 Å². The average molecular weight is 473 g/mol. The highest BCUT2D eigenvalue weighted by Crippen LogP contribution is 2.30. The zero-order valence-electron chi connectivity index (χ0n) is 18.0. The molecule has 11 nitrogen and oxygen atoms in total. The van der Waals surface area contributed by atoms with Gasteiger partial charge < -0.3 is 20.1 Å².